The zero-order chi connectivity index (χ0) is 13.9. The second-order valence-corrected chi connectivity index (χ2v) is 6.68. The molecular formula is C16H27N3. The number of rotatable bonds is 4. The van der Waals surface area contributed by atoms with Crippen LogP contribution in [0.1, 0.15) is 38.8 Å². The van der Waals surface area contributed by atoms with E-state index < -0.39 is 0 Å². The molecule has 0 amide bonds. The van der Waals surface area contributed by atoms with Crippen LogP contribution in [0.4, 0.5) is 0 Å². The third-order valence-electron chi connectivity index (χ3n) is 4.51. The molecule has 0 saturated heterocycles. The summed E-state index contributed by atoms with van der Waals surface area (Å²) < 4.78 is 0. The van der Waals surface area contributed by atoms with Crippen LogP contribution < -0.4 is 5.73 Å². The molecule has 3 nitrogen and oxygen atoms in total. The Bertz CT molecular complexity index is 388. The van der Waals surface area contributed by atoms with Gasteiger partial charge in [0.2, 0.25) is 0 Å². The molecule has 2 rings (SSSR count). The molecule has 0 spiro atoms. The molecule has 0 aliphatic heterocycles. The summed E-state index contributed by atoms with van der Waals surface area (Å²) in [5.41, 5.74) is 7.88. The zero-order valence-electron chi connectivity index (χ0n) is 12.5. The third kappa shape index (κ3) is 3.77. The first-order valence-electron chi connectivity index (χ1n) is 7.33. The Morgan fingerprint density at radius 3 is 2.89 bits per heavy atom. The molecule has 2 unspecified atom stereocenters. The summed E-state index contributed by atoms with van der Waals surface area (Å²) in [4.78, 5) is 6.74. The SMILES string of the molecule is CN(Cc1ccccn1)CC1CCCC(C)(C)C1N. The van der Waals surface area contributed by atoms with Crippen molar-refractivity contribution in [1.82, 2.24) is 9.88 Å². The van der Waals surface area contributed by atoms with Gasteiger partial charge < -0.3 is 10.6 Å². The Labute approximate surface area is 117 Å². The minimum Gasteiger partial charge on any atom is -0.327 e. The lowest BCUT2D eigenvalue weighted by Crippen LogP contribution is -2.49. The molecule has 1 heterocycles. The standard InChI is InChI=1S/C16H27N3/c1-16(2)9-6-7-13(15(16)17)11-19(3)12-14-8-4-5-10-18-14/h4-5,8,10,13,15H,6-7,9,11-12,17H2,1-3H3. The first-order chi connectivity index (χ1) is 8.99. The molecule has 2 N–H and O–H groups in total. The molecule has 1 aromatic heterocycles. The average Bonchev–Trinajstić information content (AvgIpc) is 2.36. The predicted octanol–water partition coefficient (Wildman–Crippen LogP) is 2.67. The van der Waals surface area contributed by atoms with Crippen molar-refractivity contribution >= 4 is 0 Å². The van der Waals surface area contributed by atoms with E-state index in [1.165, 1.54) is 19.3 Å². The van der Waals surface area contributed by atoms with E-state index in [-0.39, 0.29) is 5.41 Å². The number of nitrogens with zero attached hydrogens (tertiary/aromatic N) is 2. The van der Waals surface area contributed by atoms with E-state index in [9.17, 15) is 0 Å². The molecular weight excluding hydrogens is 234 g/mol. The number of hydrogen-bond acceptors (Lipinski definition) is 3. The first-order valence-corrected chi connectivity index (χ1v) is 7.33. The summed E-state index contributed by atoms with van der Waals surface area (Å²) >= 11 is 0. The molecule has 1 aliphatic carbocycles. The largest absolute Gasteiger partial charge is 0.327 e. The number of hydrogen-bond donors (Lipinski definition) is 1. The molecule has 1 aliphatic rings. The minimum atomic E-state index is 0.286. The molecule has 0 radical (unpaired) electrons. The van der Waals surface area contributed by atoms with Crippen molar-refractivity contribution in [1.29, 1.82) is 0 Å². The Morgan fingerprint density at radius 1 is 1.42 bits per heavy atom. The highest BCUT2D eigenvalue weighted by Crippen LogP contribution is 2.37. The van der Waals surface area contributed by atoms with Crippen LogP contribution in [0.5, 0.6) is 0 Å². The van der Waals surface area contributed by atoms with Gasteiger partial charge in [-0.3, -0.25) is 4.98 Å². The van der Waals surface area contributed by atoms with E-state index in [0.717, 1.165) is 18.8 Å². The van der Waals surface area contributed by atoms with E-state index in [0.29, 0.717) is 12.0 Å². The van der Waals surface area contributed by atoms with Crippen LogP contribution in [0, 0.1) is 11.3 Å². The van der Waals surface area contributed by atoms with Gasteiger partial charge in [0.15, 0.2) is 0 Å². The summed E-state index contributed by atoms with van der Waals surface area (Å²) in [5, 5.41) is 0. The Balaban J connectivity index is 1.90. The Hall–Kier alpha value is -0.930. The molecule has 0 bridgehead atoms. The Kier molecular flexibility index (Phi) is 4.58. The van der Waals surface area contributed by atoms with E-state index in [1.807, 2.05) is 18.3 Å². The van der Waals surface area contributed by atoms with Gasteiger partial charge in [-0.05, 0) is 43.4 Å². The van der Waals surface area contributed by atoms with Gasteiger partial charge in [0.1, 0.15) is 0 Å². The second-order valence-electron chi connectivity index (χ2n) is 6.68. The van der Waals surface area contributed by atoms with Crippen molar-refractivity contribution in [2.24, 2.45) is 17.1 Å². The molecule has 19 heavy (non-hydrogen) atoms. The quantitative estimate of drug-likeness (QED) is 0.906. The number of aromatic nitrogens is 1. The van der Waals surface area contributed by atoms with Crippen molar-refractivity contribution in [3.63, 3.8) is 0 Å². The van der Waals surface area contributed by atoms with Crippen molar-refractivity contribution in [2.75, 3.05) is 13.6 Å². The van der Waals surface area contributed by atoms with Crippen molar-refractivity contribution in [3.8, 4) is 0 Å². The lowest BCUT2D eigenvalue weighted by atomic mass is 9.68. The number of nitrogens with two attached hydrogens (primary N) is 1. The maximum atomic E-state index is 6.46. The van der Waals surface area contributed by atoms with E-state index in [2.05, 4.69) is 36.8 Å². The second kappa shape index (κ2) is 6.02. The van der Waals surface area contributed by atoms with E-state index in [4.69, 9.17) is 5.73 Å². The molecule has 1 aromatic rings. The van der Waals surface area contributed by atoms with Crippen LogP contribution in [0.2, 0.25) is 0 Å². The maximum absolute atomic E-state index is 6.46. The fourth-order valence-corrected chi connectivity index (χ4v) is 3.24. The Morgan fingerprint density at radius 2 is 2.21 bits per heavy atom. The van der Waals surface area contributed by atoms with Crippen LogP contribution in [0.15, 0.2) is 24.4 Å². The molecule has 2 atom stereocenters. The van der Waals surface area contributed by atoms with Gasteiger partial charge in [0, 0.05) is 25.3 Å². The summed E-state index contributed by atoms with van der Waals surface area (Å²) in [6, 6.07) is 6.41. The molecule has 1 fully saturated rings. The summed E-state index contributed by atoms with van der Waals surface area (Å²) in [7, 11) is 2.17. The molecule has 0 aromatic carbocycles. The first kappa shape index (κ1) is 14.5. The van der Waals surface area contributed by atoms with Gasteiger partial charge in [-0.1, -0.05) is 26.3 Å². The van der Waals surface area contributed by atoms with Crippen LogP contribution in [0.3, 0.4) is 0 Å². The molecule has 106 valence electrons. The molecule has 3 heteroatoms. The zero-order valence-corrected chi connectivity index (χ0v) is 12.5. The fraction of sp³-hybridized carbons (Fsp3) is 0.688. The fourth-order valence-electron chi connectivity index (χ4n) is 3.24. The summed E-state index contributed by atoms with van der Waals surface area (Å²) in [5.74, 6) is 0.609. The molecule has 1 saturated carbocycles. The van der Waals surface area contributed by atoms with Crippen molar-refractivity contribution in [3.05, 3.63) is 30.1 Å². The van der Waals surface area contributed by atoms with Gasteiger partial charge in [0.05, 0.1) is 5.69 Å². The van der Waals surface area contributed by atoms with Crippen molar-refractivity contribution < 1.29 is 0 Å². The average molecular weight is 261 g/mol. The minimum absolute atomic E-state index is 0.286. The van der Waals surface area contributed by atoms with Gasteiger partial charge >= 0.3 is 0 Å². The highest BCUT2D eigenvalue weighted by molar-refractivity contribution is 5.03. The smallest absolute Gasteiger partial charge is 0.0543 e. The summed E-state index contributed by atoms with van der Waals surface area (Å²) in [6.45, 7) is 6.59. The van der Waals surface area contributed by atoms with Gasteiger partial charge in [-0.2, -0.15) is 0 Å². The highest BCUT2D eigenvalue weighted by Gasteiger charge is 2.36. The van der Waals surface area contributed by atoms with Crippen LogP contribution in [-0.2, 0) is 6.54 Å². The lowest BCUT2D eigenvalue weighted by Gasteiger charge is -2.43. The summed E-state index contributed by atoms with van der Waals surface area (Å²) in [6.07, 6.45) is 5.69. The van der Waals surface area contributed by atoms with Crippen LogP contribution in [0.25, 0.3) is 0 Å². The van der Waals surface area contributed by atoms with Crippen LogP contribution in [-0.4, -0.2) is 29.5 Å². The monoisotopic (exact) mass is 261 g/mol. The van der Waals surface area contributed by atoms with E-state index in [1.54, 1.807) is 0 Å². The van der Waals surface area contributed by atoms with Crippen molar-refractivity contribution in [2.45, 2.75) is 45.7 Å². The number of pyridine rings is 1. The third-order valence-corrected chi connectivity index (χ3v) is 4.51. The van der Waals surface area contributed by atoms with Crippen LogP contribution >= 0.6 is 0 Å². The maximum Gasteiger partial charge on any atom is 0.0543 e. The van der Waals surface area contributed by atoms with E-state index >= 15 is 0 Å². The van der Waals surface area contributed by atoms with Gasteiger partial charge in [0.25, 0.3) is 0 Å². The lowest BCUT2D eigenvalue weighted by molar-refractivity contribution is 0.108. The van der Waals surface area contributed by atoms with Gasteiger partial charge in [-0.15, -0.1) is 0 Å². The highest BCUT2D eigenvalue weighted by atomic mass is 15.1. The van der Waals surface area contributed by atoms with Gasteiger partial charge in [-0.25, -0.2) is 0 Å². The normalized spacial score (nSPS) is 26.6. The predicted molar refractivity (Wildman–Crippen MR) is 79.7 cm³/mol. The topological polar surface area (TPSA) is 42.2 Å².